The van der Waals surface area contributed by atoms with E-state index in [4.69, 9.17) is 17.3 Å². The zero-order valence-electron chi connectivity index (χ0n) is 10.6. The van der Waals surface area contributed by atoms with E-state index in [1.165, 1.54) is 6.26 Å². The molecule has 0 aliphatic rings. The van der Waals surface area contributed by atoms with Gasteiger partial charge in [-0.1, -0.05) is 33.6 Å². The van der Waals surface area contributed by atoms with Crippen LogP contribution in [-0.2, 0) is 16.3 Å². The zero-order chi connectivity index (χ0) is 14.1. The van der Waals surface area contributed by atoms with E-state index in [9.17, 15) is 8.42 Å². The van der Waals surface area contributed by atoms with Crippen LogP contribution >= 0.6 is 27.5 Å². The fourth-order valence-electron chi connectivity index (χ4n) is 1.44. The van der Waals surface area contributed by atoms with Crippen molar-refractivity contribution in [1.29, 1.82) is 0 Å². The van der Waals surface area contributed by atoms with Crippen LogP contribution in [0.15, 0.2) is 22.7 Å². The highest BCUT2D eigenvalue weighted by atomic mass is 79.9. The van der Waals surface area contributed by atoms with Gasteiger partial charge in [-0.25, -0.2) is 8.42 Å². The number of benzene rings is 1. The maximum Gasteiger partial charge on any atom is 0.154 e. The van der Waals surface area contributed by atoms with Crippen LogP contribution in [0.5, 0.6) is 0 Å². The Bertz CT molecular complexity index is 543. The Balaban J connectivity index is 2.98. The lowest BCUT2D eigenvalue weighted by Gasteiger charge is -2.30. The molecule has 0 amide bonds. The first-order valence-corrected chi connectivity index (χ1v) is 8.51. The Labute approximate surface area is 122 Å². The number of sulfone groups is 1. The molecule has 18 heavy (non-hydrogen) atoms. The SMILES string of the molecule is CC(C)(C(N)Cc1ccc(Br)cc1Cl)S(C)(=O)=O. The normalized spacial score (nSPS) is 14.6. The zero-order valence-corrected chi connectivity index (χ0v) is 13.7. The topological polar surface area (TPSA) is 60.2 Å². The molecule has 0 spiro atoms. The van der Waals surface area contributed by atoms with Crippen LogP contribution in [0.25, 0.3) is 0 Å². The first-order valence-electron chi connectivity index (χ1n) is 5.45. The van der Waals surface area contributed by atoms with Gasteiger partial charge in [-0.05, 0) is 38.0 Å². The summed E-state index contributed by atoms with van der Waals surface area (Å²) >= 11 is 9.43. The van der Waals surface area contributed by atoms with Gasteiger partial charge in [0.15, 0.2) is 9.84 Å². The molecule has 1 aromatic rings. The van der Waals surface area contributed by atoms with Gasteiger partial charge in [0.2, 0.25) is 0 Å². The summed E-state index contributed by atoms with van der Waals surface area (Å²) in [6.45, 7) is 3.28. The van der Waals surface area contributed by atoms with Crippen LogP contribution in [0, 0.1) is 0 Å². The quantitative estimate of drug-likeness (QED) is 0.904. The molecule has 0 aliphatic carbocycles. The van der Waals surface area contributed by atoms with Gasteiger partial charge in [-0.3, -0.25) is 0 Å². The Morgan fingerprint density at radius 2 is 2.00 bits per heavy atom. The van der Waals surface area contributed by atoms with Gasteiger partial charge in [0.05, 0.1) is 4.75 Å². The third-order valence-electron chi connectivity index (χ3n) is 3.30. The maximum absolute atomic E-state index is 11.7. The number of hydrogen-bond donors (Lipinski definition) is 1. The molecular weight excluding hydrogens is 338 g/mol. The summed E-state index contributed by atoms with van der Waals surface area (Å²) < 4.78 is 23.3. The van der Waals surface area contributed by atoms with Gasteiger partial charge in [-0.2, -0.15) is 0 Å². The maximum atomic E-state index is 11.7. The highest BCUT2D eigenvalue weighted by molar-refractivity contribution is 9.10. The molecule has 1 unspecified atom stereocenters. The summed E-state index contributed by atoms with van der Waals surface area (Å²) in [6.07, 6.45) is 1.63. The van der Waals surface area contributed by atoms with Crippen molar-refractivity contribution >= 4 is 37.4 Å². The summed E-state index contributed by atoms with van der Waals surface area (Å²) in [4.78, 5) is 0. The highest BCUT2D eigenvalue weighted by Gasteiger charge is 2.36. The van der Waals surface area contributed by atoms with Crippen molar-refractivity contribution < 1.29 is 8.42 Å². The van der Waals surface area contributed by atoms with Crippen molar-refractivity contribution in [3.63, 3.8) is 0 Å². The number of halogens is 2. The minimum Gasteiger partial charge on any atom is -0.326 e. The Hall–Kier alpha value is -0.100. The molecule has 1 rings (SSSR count). The van der Waals surface area contributed by atoms with Gasteiger partial charge in [0, 0.05) is 21.8 Å². The molecule has 0 saturated carbocycles. The second-order valence-electron chi connectivity index (χ2n) is 4.92. The van der Waals surface area contributed by atoms with Crippen LogP contribution in [0.3, 0.4) is 0 Å². The fourth-order valence-corrected chi connectivity index (χ4v) is 2.83. The number of rotatable bonds is 4. The molecule has 3 nitrogen and oxygen atoms in total. The minimum absolute atomic E-state index is 0.423. The summed E-state index contributed by atoms with van der Waals surface area (Å²) in [5.74, 6) is 0. The van der Waals surface area contributed by atoms with Crippen LogP contribution in [0.4, 0.5) is 0 Å². The van der Waals surface area contributed by atoms with Crippen LogP contribution in [0.2, 0.25) is 5.02 Å². The molecule has 102 valence electrons. The van der Waals surface area contributed by atoms with E-state index in [0.29, 0.717) is 11.4 Å². The molecule has 6 heteroatoms. The van der Waals surface area contributed by atoms with E-state index >= 15 is 0 Å². The molecule has 1 atom stereocenters. The molecule has 1 aromatic carbocycles. The predicted molar refractivity (Wildman–Crippen MR) is 79.8 cm³/mol. The third-order valence-corrected chi connectivity index (χ3v) is 6.36. The van der Waals surface area contributed by atoms with E-state index < -0.39 is 20.6 Å². The van der Waals surface area contributed by atoms with Crippen molar-refractivity contribution in [2.24, 2.45) is 5.73 Å². The molecule has 2 N–H and O–H groups in total. The van der Waals surface area contributed by atoms with Gasteiger partial charge < -0.3 is 5.73 Å². The van der Waals surface area contributed by atoms with Crippen molar-refractivity contribution in [2.75, 3.05) is 6.26 Å². The lowest BCUT2D eigenvalue weighted by molar-refractivity contribution is 0.482. The van der Waals surface area contributed by atoms with Crippen molar-refractivity contribution in [1.82, 2.24) is 0 Å². The minimum atomic E-state index is -3.22. The second kappa shape index (κ2) is 5.49. The smallest absolute Gasteiger partial charge is 0.154 e. The summed E-state index contributed by atoms with van der Waals surface area (Å²) in [5, 5.41) is 0.587. The number of nitrogens with two attached hydrogens (primary N) is 1. The molecule has 0 radical (unpaired) electrons. The number of hydrogen-bond acceptors (Lipinski definition) is 3. The van der Waals surface area contributed by atoms with E-state index in [1.807, 2.05) is 12.1 Å². The monoisotopic (exact) mass is 353 g/mol. The molecule has 0 bridgehead atoms. The third kappa shape index (κ3) is 3.47. The fraction of sp³-hybridized carbons (Fsp3) is 0.500. The average molecular weight is 355 g/mol. The van der Waals surface area contributed by atoms with Gasteiger partial charge in [0.1, 0.15) is 0 Å². The standard InChI is InChI=1S/C12H17BrClNO2S/c1-12(2,18(3,16)17)11(15)6-8-4-5-9(13)7-10(8)14/h4-5,7,11H,6,15H2,1-3H3. The van der Waals surface area contributed by atoms with E-state index in [0.717, 1.165) is 10.0 Å². The molecule has 0 fully saturated rings. The van der Waals surface area contributed by atoms with Gasteiger partial charge in [-0.15, -0.1) is 0 Å². The molecule has 0 aliphatic heterocycles. The van der Waals surface area contributed by atoms with E-state index in [-0.39, 0.29) is 0 Å². The predicted octanol–water partition coefficient (Wildman–Crippen LogP) is 2.80. The van der Waals surface area contributed by atoms with Crippen molar-refractivity contribution in [2.45, 2.75) is 31.1 Å². The van der Waals surface area contributed by atoms with Crippen molar-refractivity contribution in [3.05, 3.63) is 33.3 Å². The molecule has 0 heterocycles. The Kier molecular flexibility index (Phi) is 4.87. The Morgan fingerprint density at radius 1 is 1.44 bits per heavy atom. The highest BCUT2D eigenvalue weighted by Crippen LogP contribution is 2.26. The van der Waals surface area contributed by atoms with Crippen molar-refractivity contribution in [3.8, 4) is 0 Å². The lowest BCUT2D eigenvalue weighted by atomic mass is 9.96. The Morgan fingerprint density at radius 3 is 2.44 bits per heavy atom. The second-order valence-corrected chi connectivity index (χ2v) is 8.84. The van der Waals surface area contributed by atoms with Gasteiger partial charge >= 0.3 is 0 Å². The van der Waals surface area contributed by atoms with E-state index in [1.54, 1.807) is 19.9 Å². The molecule has 0 saturated heterocycles. The van der Waals surface area contributed by atoms with E-state index in [2.05, 4.69) is 15.9 Å². The molecular formula is C12H17BrClNO2S. The van der Waals surface area contributed by atoms with Crippen LogP contribution in [-0.4, -0.2) is 25.5 Å². The summed E-state index contributed by atoms with van der Waals surface area (Å²) in [6, 6.07) is 4.98. The molecule has 0 aromatic heterocycles. The van der Waals surface area contributed by atoms with Crippen LogP contribution < -0.4 is 5.73 Å². The lowest BCUT2D eigenvalue weighted by Crippen LogP contribution is -2.50. The van der Waals surface area contributed by atoms with Gasteiger partial charge in [0.25, 0.3) is 0 Å². The first kappa shape index (κ1) is 16.0. The average Bonchev–Trinajstić information content (AvgIpc) is 2.20. The first-order chi connectivity index (χ1) is 8.05. The summed E-state index contributed by atoms with van der Waals surface area (Å²) in [7, 11) is -3.22. The van der Waals surface area contributed by atoms with Crippen LogP contribution in [0.1, 0.15) is 19.4 Å². The summed E-state index contributed by atoms with van der Waals surface area (Å²) in [5.41, 5.74) is 6.88. The largest absolute Gasteiger partial charge is 0.326 e.